The second-order valence-electron chi connectivity index (χ2n) is 4.89. The fourth-order valence-corrected chi connectivity index (χ4v) is 2.84. The highest BCUT2D eigenvalue weighted by atomic mass is 16.5. The number of likely N-dealkylation sites (tertiary alicyclic amines) is 1. The van der Waals surface area contributed by atoms with Gasteiger partial charge in [-0.1, -0.05) is 30.3 Å². The summed E-state index contributed by atoms with van der Waals surface area (Å²) in [7, 11) is 0. The van der Waals surface area contributed by atoms with Crippen LogP contribution in [0, 0.1) is 0 Å². The summed E-state index contributed by atoms with van der Waals surface area (Å²) >= 11 is 0. The zero-order valence-corrected chi connectivity index (χ0v) is 9.30. The molecule has 3 nitrogen and oxygen atoms in total. The molecule has 2 aliphatic heterocycles. The van der Waals surface area contributed by atoms with Crippen LogP contribution < -0.4 is 0 Å². The van der Waals surface area contributed by atoms with E-state index in [1.807, 2.05) is 6.07 Å². The van der Waals surface area contributed by atoms with Crippen LogP contribution in [-0.2, 0) is 11.3 Å². The van der Waals surface area contributed by atoms with Crippen LogP contribution in [-0.4, -0.2) is 41.4 Å². The first-order valence-electron chi connectivity index (χ1n) is 5.84. The molecule has 0 aromatic heterocycles. The Hall–Kier alpha value is -0.900. The van der Waals surface area contributed by atoms with E-state index in [9.17, 15) is 5.11 Å². The summed E-state index contributed by atoms with van der Waals surface area (Å²) in [5.41, 5.74) is 1.20. The highest BCUT2D eigenvalue weighted by molar-refractivity contribution is 5.16. The normalized spacial score (nSPS) is 33.4. The zero-order chi connectivity index (χ0) is 11.0. The van der Waals surface area contributed by atoms with Crippen molar-refractivity contribution in [3.8, 4) is 0 Å². The fourth-order valence-electron chi connectivity index (χ4n) is 2.84. The maximum Gasteiger partial charge on any atom is 0.0722 e. The van der Waals surface area contributed by atoms with Crippen molar-refractivity contribution in [2.75, 3.05) is 19.8 Å². The summed E-state index contributed by atoms with van der Waals surface area (Å²) in [5, 5.41) is 9.57. The Morgan fingerprint density at radius 2 is 2.19 bits per heavy atom. The lowest BCUT2D eigenvalue weighted by Gasteiger charge is -2.36. The summed E-state index contributed by atoms with van der Waals surface area (Å²) in [4.78, 5) is 2.37. The van der Waals surface area contributed by atoms with Gasteiger partial charge in [-0.2, -0.15) is 0 Å². The first-order chi connectivity index (χ1) is 7.82. The van der Waals surface area contributed by atoms with Gasteiger partial charge in [-0.25, -0.2) is 0 Å². The van der Waals surface area contributed by atoms with E-state index in [0.29, 0.717) is 12.7 Å². The van der Waals surface area contributed by atoms with Gasteiger partial charge >= 0.3 is 0 Å². The first kappa shape index (κ1) is 10.3. The molecule has 16 heavy (non-hydrogen) atoms. The lowest BCUT2D eigenvalue weighted by molar-refractivity contribution is -0.0355. The van der Waals surface area contributed by atoms with Crippen LogP contribution in [0.1, 0.15) is 12.0 Å². The third kappa shape index (κ3) is 1.56. The van der Waals surface area contributed by atoms with Gasteiger partial charge in [-0.3, -0.25) is 4.90 Å². The van der Waals surface area contributed by atoms with Gasteiger partial charge in [-0.15, -0.1) is 0 Å². The Morgan fingerprint density at radius 3 is 2.88 bits per heavy atom. The molecule has 1 aromatic carbocycles. The molecule has 0 saturated carbocycles. The molecule has 2 heterocycles. The van der Waals surface area contributed by atoms with Gasteiger partial charge in [0.2, 0.25) is 0 Å². The van der Waals surface area contributed by atoms with Gasteiger partial charge in [0.1, 0.15) is 0 Å². The van der Waals surface area contributed by atoms with E-state index < -0.39 is 0 Å². The maximum atomic E-state index is 9.57. The average Bonchev–Trinajstić information content (AvgIpc) is 2.88. The number of hydrogen-bond acceptors (Lipinski definition) is 3. The first-order valence-corrected chi connectivity index (χ1v) is 5.84. The molecular weight excluding hydrogens is 202 g/mol. The molecule has 2 bridgehead atoms. The predicted octanol–water partition coefficient (Wildman–Crippen LogP) is 1.02. The molecule has 2 aliphatic rings. The topological polar surface area (TPSA) is 32.7 Å². The van der Waals surface area contributed by atoms with E-state index in [2.05, 4.69) is 29.2 Å². The van der Waals surface area contributed by atoms with Gasteiger partial charge in [0.05, 0.1) is 24.9 Å². The van der Waals surface area contributed by atoms with Crippen molar-refractivity contribution in [1.82, 2.24) is 4.90 Å². The lowest BCUT2D eigenvalue weighted by Crippen LogP contribution is -2.50. The second-order valence-corrected chi connectivity index (χ2v) is 4.89. The molecular formula is C13H17NO2. The minimum atomic E-state index is -0.111. The summed E-state index contributed by atoms with van der Waals surface area (Å²) in [6.45, 7) is 2.76. The van der Waals surface area contributed by atoms with E-state index >= 15 is 0 Å². The standard InChI is InChI=1S/C13H17NO2/c15-9-13-6-12(16-10-13)8-14(13)7-11-4-2-1-3-5-11/h1-5,12,15H,6-10H2. The van der Waals surface area contributed by atoms with Crippen LogP contribution in [0.5, 0.6) is 0 Å². The lowest BCUT2D eigenvalue weighted by atomic mass is 9.99. The monoisotopic (exact) mass is 219 g/mol. The summed E-state index contributed by atoms with van der Waals surface area (Å²) in [6.07, 6.45) is 1.31. The number of benzene rings is 1. The molecule has 2 atom stereocenters. The van der Waals surface area contributed by atoms with E-state index in [0.717, 1.165) is 19.5 Å². The molecule has 0 spiro atoms. The van der Waals surface area contributed by atoms with E-state index in [1.165, 1.54) is 5.56 Å². The number of hydrogen-bond donors (Lipinski definition) is 1. The molecule has 0 aliphatic carbocycles. The van der Waals surface area contributed by atoms with Crippen molar-refractivity contribution in [2.45, 2.75) is 24.6 Å². The van der Waals surface area contributed by atoms with Crippen LogP contribution in [0.25, 0.3) is 0 Å². The molecule has 1 aromatic rings. The van der Waals surface area contributed by atoms with Gasteiger partial charge in [-0.05, 0) is 12.0 Å². The highest BCUT2D eigenvalue weighted by Crippen LogP contribution is 2.38. The SMILES string of the molecule is OCC12COC(CN1Cc1ccccc1)C2. The molecule has 3 heteroatoms. The Bertz CT molecular complexity index is 367. The summed E-state index contributed by atoms with van der Waals surface area (Å²) in [6, 6.07) is 10.4. The van der Waals surface area contributed by atoms with Crippen molar-refractivity contribution < 1.29 is 9.84 Å². The molecule has 86 valence electrons. The van der Waals surface area contributed by atoms with Crippen molar-refractivity contribution in [1.29, 1.82) is 0 Å². The molecule has 3 rings (SSSR count). The molecule has 2 unspecified atom stereocenters. The van der Waals surface area contributed by atoms with Gasteiger partial charge in [0, 0.05) is 13.1 Å². The van der Waals surface area contributed by atoms with Crippen LogP contribution in [0.4, 0.5) is 0 Å². The molecule has 1 N–H and O–H groups in total. The van der Waals surface area contributed by atoms with Crippen LogP contribution in [0.2, 0.25) is 0 Å². The van der Waals surface area contributed by atoms with Gasteiger partial charge in [0.15, 0.2) is 0 Å². The van der Waals surface area contributed by atoms with E-state index in [4.69, 9.17) is 4.74 Å². The zero-order valence-electron chi connectivity index (χ0n) is 9.30. The minimum absolute atomic E-state index is 0.111. The third-order valence-electron chi connectivity index (χ3n) is 3.80. The largest absolute Gasteiger partial charge is 0.394 e. The second kappa shape index (κ2) is 3.84. The fraction of sp³-hybridized carbons (Fsp3) is 0.538. The average molecular weight is 219 g/mol. The quantitative estimate of drug-likeness (QED) is 0.824. The maximum absolute atomic E-state index is 9.57. The third-order valence-corrected chi connectivity index (χ3v) is 3.80. The van der Waals surface area contributed by atoms with E-state index in [1.54, 1.807) is 0 Å². The summed E-state index contributed by atoms with van der Waals surface area (Å²) in [5.74, 6) is 0. The minimum Gasteiger partial charge on any atom is -0.394 e. The molecule has 0 radical (unpaired) electrons. The Kier molecular flexibility index (Phi) is 2.46. The Balaban J connectivity index is 1.77. The Labute approximate surface area is 95.6 Å². The number of nitrogens with zero attached hydrogens (tertiary/aromatic N) is 1. The smallest absolute Gasteiger partial charge is 0.0722 e. The molecule has 2 saturated heterocycles. The number of ether oxygens (including phenoxy) is 1. The Morgan fingerprint density at radius 1 is 1.38 bits per heavy atom. The molecule has 2 fully saturated rings. The number of rotatable bonds is 3. The summed E-state index contributed by atoms with van der Waals surface area (Å²) < 4.78 is 5.61. The van der Waals surface area contributed by atoms with Crippen LogP contribution in [0.3, 0.4) is 0 Å². The number of aliphatic hydroxyl groups excluding tert-OH is 1. The van der Waals surface area contributed by atoms with Gasteiger partial charge < -0.3 is 9.84 Å². The number of aliphatic hydroxyl groups is 1. The van der Waals surface area contributed by atoms with Gasteiger partial charge in [0.25, 0.3) is 0 Å². The number of morpholine rings is 1. The van der Waals surface area contributed by atoms with E-state index in [-0.39, 0.29) is 12.1 Å². The molecule has 0 amide bonds. The van der Waals surface area contributed by atoms with Crippen molar-refractivity contribution >= 4 is 0 Å². The van der Waals surface area contributed by atoms with Crippen molar-refractivity contribution in [3.05, 3.63) is 35.9 Å². The van der Waals surface area contributed by atoms with Crippen molar-refractivity contribution in [2.24, 2.45) is 0 Å². The van der Waals surface area contributed by atoms with Crippen molar-refractivity contribution in [3.63, 3.8) is 0 Å². The highest BCUT2D eigenvalue weighted by Gasteiger charge is 2.51. The number of fused-ring (bicyclic) bond motifs is 2. The van der Waals surface area contributed by atoms with Crippen LogP contribution in [0.15, 0.2) is 30.3 Å². The van der Waals surface area contributed by atoms with Crippen LogP contribution >= 0.6 is 0 Å². The predicted molar refractivity (Wildman–Crippen MR) is 61.0 cm³/mol.